The molecule has 0 saturated heterocycles. The molecule has 27 heavy (non-hydrogen) atoms. The molecule has 2 aromatic carbocycles. The SMILES string of the molecule is COc1ccc(/C=N/NC2NNc3c2cccc3[N+](=O)[O-])c(OC)c1OC. The summed E-state index contributed by atoms with van der Waals surface area (Å²) in [5.41, 5.74) is 10.4. The first-order valence-electron chi connectivity index (χ1n) is 7.97. The lowest BCUT2D eigenvalue weighted by Crippen LogP contribution is -2.28. The minimum atomic E-state index is -0.437. The highest BCUT2D eigenvalue weighted by atomic mass is 16.6. The number of fused-ring (bicyclic) bond motifs is 1. The summed E-state index contributed by atoms with van der Waals surface area (Å²) in [5.74, 6) is 1.49. The molecular formula is C17H19N5O5. The van der Waals surface area contributed by atoms with Crippen molar-refractivity contribution in [2.45, 2.75) is 6.17 Å². The van der Waals surface area contributed by atoms with Crippen LogP contribution in [0.1, 0.15) is 17.3 Å². The van der Waals surface area contributed by atoms with E-state index in [1.807, 2.05) is 0 Å². The van der Waals surface area contributed by atoms with Crippen LogP contribution in [0.3, 0.4) is 0 Å². The summed E-state index contributed by atoms with van der Waals surface area (Å²) in [5, 5.41) is 15.3. The van der Waals surface area contributed by atoms with Gasteiger partial charge in [0, 0.05) is 17.2 Å². The minimum absolute atomic E-state index is 0.00478. The Hall–Kier alpha value is -3.53. The lowest BCUT2D eigenvalue weighted by molar-refractivity contribution is -0.384. The Bertz CT molecular complexity index is 886. The van der Waals surface area contributed by atoms with Gasteiger partial charge in [-0.1, -0.05) is 12.1 Å². The fourth-order valence-corrected chi connectivity index (χ4v) is 2.82. The Balaban J connectivity index is 1.81. The number of rotatable bonds is 7. The maximum absolute atomic E-state index is 11.1. The smallest absolute Gasteiger partial charge is 0.294 e. The van der Waals surface area contributed by atoms with Gasteiger partial charge in [0.2, 0.25) is 5.75 Å². The van der Waals surface area contributed by atoms with Crippen molar-refractivity contribution in [1.29, 1.82) is 0 Å². The number of hydrogen-bond acceptors (Lipinski definition) is 9. The molecule has 0 radical (unpaired) electrons. The molecule has 10 heteroatoms. The molecule has 0 saturated carbocycles. The molecule has 3 N–H and O–H groups in total. The van der Waals surface area contributed by atoms with Crippen LogP contribution in [-0.4, -0.2) is 32.5 Å². The van der Waals surface area contributed by atoms with E-state index in [2.05, 4.69) is 21.4 Å². The average Bonchev–Trinajstić information content (AvgIpc) is 3.10. The van der Waals surface area contributed by atoms with Crippen LogP contribution < -0.4 is 30.5 Å². The highest BCUT2D eigenvalue weighted by Gasteiger charge is 2.28. The Kier molecular flexibility index (Phi) is 5.27. The Morgan fingerprint density at radius 1 is 1.15 bits per heavy atom. The van der Waals surface area contributed by atoms with Crippen LogP contribution in [-0.2, 0) is 0 Å². The molecule has 1 aliphatic heterocycles. The number of nitro benzene ring substituents is 1. The Morgan fingerprint density at radius 2 is 1.93 bits per heavy atom. The molecule has 1 unspecified atom stereocenters. The van der Waals surface area contributed by atoms with Crippen molar-refractivity contribution in [3.63, 3.8) is 0 Å². The molecule has 142 valence electrons. The topological polar surface area (TPSA) is 119 Å². The maximum Gasteiger partial charge on any atom is 0.294 e. The Labute approximate surface area is 155 Å². The zero-order valence-corrected chi connectivity index (χ0v) is 15.0. The number of nitrogens with zero attached hydrogens (tertiary/aromatic N) is 2. The number of hydrogen-bond donors (Lipinski definition) is 3. The van der Waals surface area contributed by atoms with Gasteiger partial charge in [0.25, 0.3) is 5.69 Å². The van der Waals surface area contributed by atoms with Gasteiger partial charge >= 0.3 is 0 Å². The van der Waals surface area contributed by atoms with Crippen molar-refractivity contribution in [2.24, 2.45) is 5.10 Å². The number of hydrazine groups is 1. The van der Waals surface area contributed by atoms with Gasteiger partial charge in [0.15, 0.2) is 11.5 Å². The van der Waals surface area contributed by atoms with Crippen molar-refractivity contribution in [1.82, 2.24) is 10.9 Å². The highest BCUT2D eigenvalue weighted by molar-refractivity contribution is 5.86. The molecule has 0 fully saturated rings. The van der Waals surface area contributed by atoms with Gasteiger partial charge in [0.05, 0.1) is 32.5 Å². The second-order valence-corrected chi connectivity index (χ2v) is 5.51. The van der Waals surface area contributed by atoms with E-state index in [0.717, 1.165) is 0 Å². The van der Waals surface area contributed by atoms with Gasteiger partial charge in [0.1, 0.15) is 11.9 Å². The van der Waals surface area contributed by atoms with Gasteiger partial charge < -0.3 is 19.6 Å². The van der Waals surface area contributed by atoms with Crippen molar-refractivity contribution in [2.75, 3.05) is 26.8 Å². The molecule has 1 heterocycles. The van der Waals surface area contributed by atoms with Crippen LogP contribution in [0.15, 0.2) is 35.4 Å². The molecule has 0 amide bonds. The summed E-state index contributed by atoms with van der Waals surface area (Å²) in [6.45, 7) is 0. The maximum atomic E-state index is 11.1. The van der Waals surface area contributed by atoms with Gasteiger partial charge in [-0.05, 0) is 12.1 Å². The summed E-state index contributed by atoms with van der Waals surface area (Å²) in [6.07, 6.45) is 1.14. The fraction of sp³-hybridized carbons (Fsp3) is 0.235. The fourth-order valence-electron chi connectivity index (χ4n) is 2.82. The Morgan fingerprint density at radius 3 is 2.59 bits per heavy atom. The molecule has 1 aliphatic rings. The first kappa shape index (κ1) is 18.3. The molecule has 3 rings (SSSR count). The number of benzene rings is 2. The average molecular weight is 373 g/mol. The van der Waals surface area contributed by atoms with Crippen LogP contribution in [0, 0.1) is 10.1 Å². The number of ether oxygens (including phenoxy) is 3. The number of para-hydroxylation sites is 1. The second kappa shape index (κ2) is 7.79. The zero-order valence-electron chi connectivity index (χ0n) is 15.0. The quantitative estimate of drug-likeness (QED) is 0.384. The summed E-state index contributed by atoms with van der Waals surface area (Å²) < 4.78 is 16.0. The van der Waals surface area contributed by atoms with E-state index in [1.54, 1.807) is 37.6 Å². The van der Waals surface area contributed by atoms with Crippen LogP contribution in [0.5, 0.6) is 17.2 Å². The largest absolute Gasteiger partial charge is 0.493 e. The van der Waals surface area contributed by atoms with Gasteiger partial charge in [-0.2, -0.15) is 5.10 Å². The molecule has 0 bridgehead atoms. The predicted octanol–water partition coefficient (Wildman–Crippen LogP) is 2.17. The predicted molar refractivity (Wildman–Crippen MR) is 99.4 cm³/mol. The summed E-state index contributed by atoms with van der Waals surface area (Å²) >= 11 is 0. The monoisotopic (exact) mass is 373 g/mol. The van der Waals surface area contributed by atoms with E-state index >= 15 is 0 Å². The van der Waals surface area contributed by atoms with Gasteiger partial charge in [-0.25, -0.2) is 5.43 Å². The van der Waals surface area contributed by atoms with E-state index in [1.165, 1.54) is 20.3 Å². The third-order valence-electron chi connectivity index (χ3n) is 4.07. The number of hydrazone groups is 1. The third-order valence-corrected chi connectivity index (χ3v) is 4.07. The molecule has 0 aliphatic carbocycles. The van der Waals surface area contributed by atoms with E-state index in [9.17, 15) is 10.1 Å². The number of nitrogens with one attached hydrogen (secondary N) is 3. The number of methoxy groups -OCH3 is 3. The second-order valence-electron chi connectivity index (χ2n) is 5.51. The van der Waals surface area contributed by atoms with Crippen LogP contribution in [0.4, 0.5) is 11.4 Å². The van der Waals surface area contributed by atoms with Crippen molar-refractivity contribution in [3.05, 3.63) is 51.6 Å². The summed E-state index contributed by atoms with van der Waals surface area (Å²) in [6, 6.07) is 8.37. The van der Waals surface area contributed by atoms with Gasteiger partial charge in [-0.3, -0.25) is 15.5 Å². The van der Waals surface area contributed by atoms with Crippen LogP contribution in [0.25, 0.3) is 0 Å². The van der Waals surface area contributed by atoms with Crippen molar-refractivity contribution < 1.29 is 19.1 Å². The molecule has 0 spiro atoms. The third kappa shape index (κ3) is 3.42. The van der Waals surface area contributed by atoms with E-state index in [0.29, 0.717) is 34.1 Å². The molecule has 1 atom stereocenters. The number of nitro groups is 1. The van der Waals surface area contributed by atoms with E-state index < -0.39 is 11.1 Å². The van der Waals surface area contributed by atoms with Crippen LogP contribution >= 0.6 is 0 Å². The van der Waals surface area contributed by atoms with Crippen molar-refractivity contribution in [3.8, 4) is 17.2 Å². The normalized spacial score (nSPS) is 15.1. The first-order valence-corrected chi connectivity index (χ1v) is 7.97. The zero-order chi connectivity index (χ0) is 19.4. The lowest BCUT2D eigenvalue weighted by Gasteiger charge is -2.14. The standard InChI is InChI=1S/C17H19N5O5/c1-25-13-8-7-10(15(26-2)16(13)27-3)9-18-20-17-11-5-4-6-12(22(23)24)14(11)19-21-17/h4-9,17,19-21H,1-3H3/b18-9+. The molecule has 2 aromatic rings. The van der Waals surface area contributed by atoms with E-state index in [-0.39, 0.29) is 5.69 Å². The molecular weight excluding hydrogens is 354 g/mol. The minimum Gasteiger partial charge on any atom is -0.493 e. The number of anilines is 1. The van der Waals surface area contributed by atoms with Crippen molar-refractivity contribution >= 4 is 17.6 Å². The molecule has 10 nitrogen and oxygen atoms in total. The van der Waals surface area contributed by atoms with Gasteiger partial charge in [-0.15, -0.1) is 0 Å². The van der Waals surface area contributed by atoms with E-state index in [4.69, 9.17) is 14.2 Å². The molecule has 0 aromatic heterocycles. The van der Waals surface area contributed by atoms with Crippen LogP contribution in [0.2, 0.25) is 0 Å². The lowest BCUT2D eigenvalue weighted by atomic mass is 10.1. The summed E-state index contributed by atoms with van der Waals surface area (Å²) in [4.78, 5) is 10.7. The highest BCUT2D eigenvalue weighted by Crippen LogP contribution is 2.39. The summed E-state index contributed by atoms with van der Waals surface area (Å²) in [7, 11) is 4.60. The first-order chi connectivity index (χ1) is 13.1.